The van der Waals surface area contributed by atoms with Crippen molar-refractivity contribution in [2.24, 2.45) is 0 Å². The maximum atomic E-state index is 13.7. The van der Waals surface area contributed by atoms with Crippen LogP contribution in [-0.2, 0) is 11.9 Å². The molecular weight excluding hydrogens is 363 g/mol. The van der Waals surface area contributed by atoms with E-state index in [9.17, 15) is 4.39 Å². The predicted molar refractivity (Wildman–Crippen MR) is 77.5 cm³/mol. The molecule has 1 nitrogen and oxygen atoms in total. The van der Waals surface area contributed by atoms with Gasteiger partial charge in [-0.1, -0.05) is 50.1 Å². The lowest BCUT2D eigenvalue weighted by molar-refractivity contribution is 0.290. The zero-order valence-electron chi connectivity index (χ0n) is 9.50. The Morgan fingerprint density at radius 1 is 1.00 bits per heavy atom. The maximum Gasteiger partial charge on any atom is 0.165 e. The van der Waals surface area contributed by atoms with Gasteiger partial charge in [-0.25, -0.2) is 4.39 Å². The van der Waals surface area contributed by atoms with Gasteiger partial charge in [-0.3, -0.25) is 0 Å². The first-order valence-corrected chi connectivity index (χ1v) is 7.32. The SMILES string of the molecule is Fc1cc(CBr)ccc1OCc1ccc(Br)cc1. The average molecular weight is 374 g/mol. The van der Waals surface area contributed by atoms with Crippen LogP contribution in [0.4, 0.5) is 4.39 Å². The molecule has 2 rings (SSSR count). The topological polar surface area (TPSA) is 9.23 Å². The Kier molecular flexibility index (Phi) is 4.78. The molecule has 0 radical (unpaired) electrons. The number of hydrogen-bond donors (Lipinski definition) is 0. The van der Waals surface area contributed by atoms with Crippen molar-refractivity contribution < 1.29 is 9.13 Å². The van der Waals surface area contributed by atoms with E-state index in [0.29, 0.717) is 11.9 Å². The first-order chi connectivity index (χ1) is 8.69. The number of halogens is 3. The van der Waals surface area contributed by atoms with Crippen LogP contribution in [0.3, 0.4) is 0 Å². The second-order valence-corrected chi connectivity index (χ2v) is 5.29. The van der Waals surface area contributed by atoms with Crippen LogP contribution in [0, 0.1) is 5.82 Å². The van der Waals surface area contributed by atoms with Crippen LogP contribution in [0.1, 0.15) is 11.1 Å². The number of benzene rings is 2. The Morgan fingerprint density at radius 2 is 1.67 bits per heavy atom. The lowest BCUT2D eigenvalue weighted by Gasteiger charge is -2.08. The van der Waals surface area contributed by atoms with E-state index in [4.69, 9.17) is 4.74 Å². The van der Waals surface area contributed by atoms with Gasteiger partial charge in [0.15, 0.2) is 11.6 Å². The molecule has 0 unspecified atom stereocenters. The first-order valence-electron chi connectivity index (χ1n) is 5.40. The van der Waals surface area contributed by atoms with E-state index in [1.807, 2.05) is 30.3 Å². The van der Waals surface area contributed by atoms with Gasteiger partial charge < -0.3 is 4.74 Å². The summed E-state index contributed by atoms with van der Waals surface area (Å²) in [5.41, 5.74) is 1.89. The van der Waals surface area contributed by atoms with E-state index < -0.39 is 0 Å². The van der Waals surface area contributed by atoms with Gasteiger partial charge in [-0.2, -0.15) is 0 Å². The zero-order chi connectivity index (χ0) is 13.0. The summed E-state index contributed by atoms with van der Waals surface area (Å²) in [7, 11) is 0. The molecule has 18 heavy (non-hydrogen) atoms. The van der Waals surface area contributed by atoms with E-state index in [0.717, 1.165) is 15.6 Å². The molecule has 0 atom stereocenters. The lowest BCUT2D eigenvalue weighted by atomic mass is 10.2. The van der Waals surface area contributed by atoms with Crippen molar-refractivity contribution in [1.29, 1.82) is 0 Å². The monoisotopic (exact) mass is 372 g/mol. The van der Waals surface area contributed by atoms with Gasteiger partial charge in [-0.05, 0) is 35.4 Å². The molecule has 94 valence electrons. The van der Waals surface area contributed by atoms with Gasteiger partial charge in [-0.15, -0.1) is 0 Å². The van der Waals surface area contributed by atoms with Gasteiger partial charge in [0.2, 0.25) is 0 Å². The molecule has 0 aromatic heterocycles. The van der Waals surface area contributed by atoms with Crippen molar-refractivity contribution in [2.75, 3.05) is 0 Å². The fraction of sp³-hybridized carbons (Fsp3) is 0.143. The second kappa shape index (κ2) is 6.34. The lowest BCUT2D eigenvalue weighted by Crippen LogP contribution is -1.97. The third kappa shape index (κ3) is 3.56. The molecular formula is C14H11Br2FO. The van der Waals surface area contributed by atoms with Gasteiger partial charge in [0.05, 0.1) is 0 Å². The summed E-state index contributed by atoms with van der Waals surface area (Å²) in [4.78, 5) is 0. The number of hydrogen-bond acceptors (Lipinski definition) is 1. The van der Waals surface area contributed by atoms with Crippen molar-refractivity contribution in [3.05, 3.63) is 63.9 Å². The Balaban J connectivity index is 2.04. The molecule has 0 bridgehead atoms. The summed E-state index contributed by atoms with van der Waals surface area (Å²) in [6.07, 6.45) is 0. The molecule has 0 spiro atoms. The summed E-state index contributed by atoms with van der Waals surface area (Å²) in [6, 6.07) is 12.7. The second-order valence-electron chi connectivity index (χ2n) is 3.81. The summed E-state index contributed by atoms with van der Waals surface area (Å²) < 4.78 is 20.1. The Labute approximate surface area is 122 Å². The minimum atomic E-state index is -0.330. The van der Waals surface area contributed by atoms with Crippen molar-refractivity contribution in [3.63, 3.8) is 0 Å². The molecule has 0 aliphatic rings. The Morgan fingerprint density at radius 3 is 2.28 bits per heavy atom. The highest BCUT2D eigenvalue weighted by molar-refractivity contribution is 9.10. The highest BCUT2D eigenvalue weighted by Gasteiger charge is 2.04. The third-order valence-corrected chi connectivity index (χ3v) is 3.63. The molecule has 0 heterocycles. The Bertz CT molecular complexity index is 526. The van der Waals surface area contributed by atoms with Crippen LogP contribution in [0.5, 0.6) is 5.75 Å². The molecule has 0 saturated heterocycles. The van der Waals surface area contributed by atoms with Crippen LogP contribution in [0.25, 0.3) is 0 Å². The zero-order valence-corrected chi connectivity index (χ0v) is 12.7. The number of ether oxygens (including phenoxy) is 1. The minimum absolute atomic E-state index is 0.280. The van der Waals surface area contributed by atoms with Gasteiger partial charge >= 0.3 is 0 Å². The summed E-state index contributed by atoms with van der Waals surface area (Å²) >= 11 is 6.65. The fourth-order valence-corrected chi connectivity index (χ4v) is 2.10. The largest absolute Gasteiger partial charge is 0.486 e. The van der Waals surface area contributed by atoms with Crippen molar-refractivity contribution in [1.82, 2.24) is 0 Å². The molecule has 0 aliphatic heterocycles. The van der Waals surface area contributed by atoms with E-state index in [1.54, 1.807) is 6.07 Å². The van der Waals surface area contributed by atoms with Crippen LogP contribution in [0.2, 0.25) is 0 Å². The number of alkyl halides is 1. The molecule has 0 amide bonds. The van der Waals surface area contributed by atoms with E-state index in [-0.39, 0.29) is 11.6 Å². The van der Waals surface area contributed by atoms with Crippen LogP contribution >= 0.6 is 31.9 Å². The third-order valence-electron chi connectivity index (χ3n) is 2.46. The van der Waals surface area contributed by atoms with Crippen molar-refractivity contribution in [2.45, 2.75) is 11.9 Å². The minimum Gasteiger partial charge on any atom is -0.486 e. The van der Waals surface area contributed by atoms with Crippen molar-refractivity contribution >= 4 is 31.9 Å². The van der Waals surface area contributed by atoms with Gasteiger partial charge in [0.25, 0.3) is 0 Å². The van der Waals surface area contributed by atoms with Crippen molar-refractivity contribution in [3.8, 4) is 5.75 Å². The summed E-state index contributed by atoms with van der Waals surface area (Å²) in [5.74, 6) is -0.0494. The van der Waals surface area contributed by atoms with E-state index in [1.165, 1.54) is 6.07 Å². The standard InChI is InChI=1S/C14H11Br2FO/c15-8-11-3-6-14(13(17)7-11)18-9-10-1-4-12(16)5-2-10/h1-7H,8-9H2. The molecule has 0 fully saturated rings. The maximum absolute atomic E-state index is 13.7. The highest BCUT2D eigenvalue weighted by Crippen LogP contribution is 2.21. The highest BCUT2D eigenvalue weighted by atomic mass is 79.9. The van der Waals surface area contributed by atoms with Gasteiger partial charge in [0, 0.05) is 9.80 Å². The number of rotatable bonds is 4. The quantitative estimate of drug-likeness (QED) is 0.680. The Hall–Kier alpha value is -0.870. The van der Waals surface area contributed by atoms with Gasteiger partial charge in [0.1, 0.15) is 6.61 Å². The smallest absolute Gasteiger partial charge is 0.165 e. The molecule has 0 saturated carbocycles. The molecule has 0 N–H and O–H groups in total. The molecule has 0 aliphatic carbocycles. The first kappa shape index (κ1) is 13.6. The normalized spacial score (nSPS) is 10.4. The fourth-order valence-electron chi connectivity index (χ4n) is 1.49. The summed E-state index contributed by atoms with van der Waals surface area (Å²) in [6.45, 7) is 0.359. The molecule has 2 aromatic carbocycles. The molecule has 4 heteroatoms. The predicted octanol–water partition coefficient (Wildman–Crippen LogP) is 5.06. The van der Waals surface area contributed by atoms with Crippen LogP contribution in [-0.4, -0.2) is 0 Å². The van der Waals surface area contributed by atoms with Crippen LogP contribution < -0.4 is 4.74 Å². The van der Waals surface area contributed by atoms with E-state index in [2.05, 4.69) is 31.9 Å². The molecule has 2 aromatic rings. The average Bonchev–Trinajstić information content (AvgIpc) is 2.39. The summed E-state index contributed by atoms with van der Waals surface area (Å²) in [5, 5.41) is 0.636. The van der Waals surface area contributed by atoms with E-state index >= 15 is 0 Å². The van der Waals surface area contributed by atoms with Crippen LogP contribution in [0.15, 0.2) is 46.9 Å².